The molecule has 2 rings (SSSR count). The van der Waals surface area contributed by atoms with Crippen LogP contribution in [-0.2, 0) is 17.5 Å². The molecule has 0 saturated carbocycles. The number of ether oxygens (including phenoxy) is 1. The van der Waals surface area contributed by atoms with E-state index in [2.05, 4.69) is 10.4 Å². The van der Waals surface area contributed by atoms with Crippen LogP contribution in [0.15, 0.2) is 12.3 Å². The summed E-state index contributed by atoms with van der Waals surface area (Å²) in [7, 11) is 0. The van der Waals surface area contributed by atoms with E-state index in [1.807, 2.05) is 6.92 Å². The van der Waals surface area contributed by atoms with Crippen LogP contribution in [0.4, 0.5) is 13.2 Å². The number of halogens is 3. The van der Waals surface area contributed by atoms with Crippen molar-refractivity contribution in [3.8, 4) is 0 Å². The number of hydrogen-bond donors (Lipinski definition) is 1. The van der Waals surface area contributed by atoms with Gasteiger partial charge in [0.2, 0.25) is 0 Å². The summed E-state index contributed by atoms with van der Waals surface area (Å²) in [6.07, 6.45) is -1.13. The van der Waals surface area contributed by atoms with Gasteiger partial charge in [0, 0.05) is 12.7 Å². The average molecular weight is 277 g/mol. The molecule has 1 aromatic heterocycles. The van der Waals surface area contributed by atoms with Crippen molar-refractivity contribution in [3.05, 3.63) is 18.0 Å². The zero-order valence-corrected chi connectivity index (χ0v) is 10.8. The van der Waals surface area contributed by atoms with E-state index in [1.54, 1.807) is 0 Å². The molecule has 2 heterocycles. The van der Waals surface area contributed by atoms with E-state index in [0.717, 1.165) is 32.0 Å². The van der Waals surface area contributed by atoms with Gasteiger partial charge in [-0.25, -0.2) is 0 Å². The number of nitrogens with zero attached hydrogens (tertiary/aromatic N) is 2. The highest BCUT2D eigenvalue weighted by molar-refractivity contribution is 5.03. The molecule has 19 heavy (non-hydrogen) atoms. The summed E-state index contributed by atoms with van der Waals surface area (Å²) >= 11 is 0. The summed E-state index contributed by atoms with van der Waals surface area (Å²) in [4.78, 5) is 0. The molecule has 108 valence electrons. The lowest BCUT2D eigenvalue weighted by molar-refractivity contribution is -0.141. The van der Waals surface area contributed by atoms with Gasteiger partial charge in [0.25, 0.3) is 0 Å². The van der Waals surface area contributed by atoms with Gasteiger partial charge in [-0.15, -0.1) is 0 Å². The maximum Gasteiger partial charge on any atom is 0.435 e. The zero-order chi connectivity index (χ0) is 13.9. The molecule has 1 aromatic rings. The van der Waals surface area contributed by atoms with Gasteiger partial charge >= 0.3 is 6.18 Å². The Hall–Kier alpha value is -1.08. The molecule has 4 nitrogen and oxygen atoms in total. The van der Waals surface area contributed by atoms with E-state index in [9.17, 15) is 13.2 Å². The van der Waals surface area contributed by atoms with Crippen LogP contribution in [0.5, 0.6) is 0 Å². The second-order valence-electron chi connectivity index (χ2n) is 4.69. The lowest BCUT2D eigenvalue weighted by Crippen LogP contribution is -2.27. The Bertz CT molecular complexity index is 405. The molecular weight excluding hydrogens is 259 g/mol. The Morgan fingerprint density at radius 2 is 2.16 bits per heavy atom. The highest BCUT2D eigenvalue weighted by Crippen LogP contribution is 2.27. The van der Waals surface area contributed by atoms with Gasteiger partial charge in [-0.1, -0.05) is 6.92 Å². The Kier molecular flexibility index (Phi) is 4.46. The van der Waals surface area contributed by atoms with E-state index in [1.165, 1.54) is 10.9 Å². The van der Waals surface area contributed by atoms with Gasteiger partial charge in [-0.3, -0.25) is 4.68 Å². The van der Waals surface area contributed by atoms with Crippen LogP contribution in [0, 0.1) is 0 Å². The minimum atomic E-state index is -4.38. The van der Waals surface area contributed by atoms with Gasteiger partial charge in [0.05, 0.1) is 18.8 Å². The van der Waals surface area contributed by atoms with Crippen molar-refractivity contribution in [2.45, 2.75) is 44.7 Å². The number of alkyl halides is 3. The minimum Gasteiger partial charge on any atom is -0.372 e. The van der Waals surface area contributed by atoms with Crippen LogP contribution in [0.25, 0.3) is 0 Å². The topological polar surface area (TPSA) is 39.1 Å². The molecule has 0 radical (unpaired) electrons. The van der Waals surface area contributed by atoms with Gasteiger partial charge in [0.1, 0.15) is 0 Å². The number of likely N-dealkylation sites (N-methyl/N-ethyl adjacent to an activating group) is 1. The highest BCUT2D eigenvalue weighted by atomic mass is 19.4. The molecule has 1 aliphatic heterocycles. The third-order valence-corrected chi connectivity index (χ3v) is 3.14. The quantitative estimate of drug-likeness (QED) is 0.895. The smallest absolute Gasteiger partial charge is 0.372 e. The van der Waals surface area contributed by atoms with Crippen molar-refractivity contribution in [3.63, 3.8) is 0 Å². The number of hydrogen-bond acceptors (Lipinski definition) is 3. The summed E-state index contributed by atoms with van der Waals surface area (Å²) in [5.74, 6) is 0. The first-order chi connectivity index (χ1) is 8.99. The van der Waals surface area contributed by atoms with Crippen molar-refractivity contribution < 1.29 is 17.9 Å². The van der Waals surface area contributed by atoms with E-state index in [-0.39, 0.29) is 12.2 Å². The standard InChI is InChI=1S/C12H18F3N3O/c1-2-16-7-9-3-4-10(19-9)8-18-6-5-11(17-18)12(13,14)15/h5-6,9-10,16H,2-4,7-8H2,1H3. The lowest BCUT2D eigenvalue weighted by Gasteiger charge is -2.14. The second-order valence-corrected chi connectivity index (χ2v) is 4.69. The van der Waals surface area contributed by atoms with Crippen LogP contribution in [0.1, 0.15) is 25.5 Å². The third-order valence-electron chi connectivity index (χ3n) is 3.14. The summed E-state index contributed by atoms with van der Waals surface area (Å²) in [6.45, 7) is 4.08. The molecule has 0 spiro atoms. The average Bonchev–Trinajstić information content (AvgIpc) is 2.95. The van der Waals surface area contributed by atoms with E-state index in [4.69, 9.17) is 4.74 Å². The Morgan fingerprint density at radius 3 is 2.79 bits per heavy atom. The largest absolute Gasteiger partial charge is 0.435 e. The molecule has 2 atom stereocenters. The van der Waals surface area contributed by atoms with Crippen LogP contribution in [0.2, 0.25) is 0 Å². The summed E-state index contributed by atoms with van der Waals surface area (Å²) in [5, 5.41) is 6.73. The van der Waals surface area contributed by atoms with Crippen molar-refractivity contribution in [1.82, 2.24) is 15.1 Å². The van der Waals surface area contributed by atoms with Gasteiger partial charge in [-0.05, 0) is 25.5 Å². The Balaban J connectivity index is 1.84. The van der Waals surface area contributed by atoms with Crippen LogP contribution in [0.3, 0.4) is 0 Å². The molecule has 1 saturated heterocycles. The maximum absolute atomic E-state index is 12.4. The van der Waals surface area contributed by atoms with Crippen LogP contribution in [-0.4, -0.2) is 35.1 Å². The molecule has 7 heteroatoms. The van der Waals surface area contributed by atoms with Crippen molar-refractivity contribution in [2.24, 2.45) is 0 Å². The highest BCUT2D eigenvalue weighted by Gasteiger charge is 2.34. The number of nitrogens with one attached hydrogen (secondary N) is 1. The predicted octanol–water partition coefficient (Wildman–Crippen LogP) is 2.06. The molecule has 1 fully saturated rings. The van der Waals surface area contributed by atoms with Gasteiger partial charge in [-0.2, -0.15) is 18.3 Å². The van der Waals surface area contributed by atoms with Crippen molar-refractivity contribution >= 4 is 0 Å². The van der Waals surface area contributed by atoms with Crippen LogP contribution < -0.4 is 5.32 Å². The normalized spacial score (nSPS) is 24.0. The minimum absolute atomic E-state index is 0.0513. The van der Waals surface area contributed by atoms with Crippen LogP contribution >= 0.6 is 0 Å². The molecule has 0 amide bonds. The SMILES string of the molecule is CCNCC1CCC(Cn2ccc(C(F)(F)F)n2)O1. The van der Waals surface area contributed by atoms with Gasteiger partial charge in [0.15, 0.2) is 5.69 Å². The fraction of sp³-hybridized carbons (Fsp3) is 0.750. The fourth-order valence-corrected chi connectivity index (χ4v) is 2.19. The van der Waals surface area contributed by atoms with E-state index >= 15 is 0 Å². The molecule has 1 aliphatic rings. The number of aromatic nitrogens is 2. The molecular formula is C12H18F3N3O. The molecule has 1 N–H and O–H groups in total. The molecule has 0 aliphatic carbocycles. The first-order valence-corrected chi connectivity index (χ1v) is 6.46. The Labute approximate surface area is 109 Å². The first-order valence-electron chi connectivity index (χ1n) is 6.46. The predicted molar refractivity (Wildman–Crippen MR) is 63.7 cm³/mol. The summed E-state index contributed by atoms with van der Waals surface area (Å²) in [5.41, 5.74) is -0.852. The monoisotopic (exact) mass is 277 g/mol. The zero-order valence-electron chi connectivity index (χ0n) is 10.8. The molecule has 2 unspecified atom stereocenters. The van der Waals surface area contributed by atoms with E-state index in [0.29, 0.717) is 6.54 Å². The summed E-state index contributed by atoms with van der Waals surface area (Å²) < 4.78 is 44.3. The Morgan fingerprint density at radius 1 is 1.42 bits per heavy atom. The summed E-state index contributed by atoms with van der Waals surface area (Å²) in [6, 6.07) is 0.991. The third kappa shape index (κ3) is 3.94. The van der Waals surface area contributed by atoms with Gasteiger partial charge < -0.3 is 10.1 Å². The van der Waals surface area contributed by atoms with Crippen molar-refractivity contribution in [1.29, 1.82) is 0 Å². The fourth-order valence-electron chi connectivity index (χ4n) is 2.19. The molecule has 0 bridgehead atoms. The number of rotatable bonds is 5. The van der Waals surface area contributed by atoms with E-state index < -0.39 is 11.9 Å². The second kappa shape index (κ2) is 5.92. The lowest BCUT2D eigenvalue weighted by atomic mass is 10.2. The maximum atomic E-state index is 12.4. The molecule has 0 aromatic carbocycles. The first kappa shape index (κ1) is 14.3. The van der Waals surface area contributed by atoms with Crippen molar-refractivity contribution in [2.75, 3.05) is 13.1 Å².